The summed E-state index contributed by atoms with van der Waals surface area (Å²) in [7, 11) is 3.60. The van der Waals surface area contributed by atoms with E-state index in [0.29, 0.717) is 0 Å². The number of ether oxygens (including phenoxy) is 2. The Kier molecular flexibility index (Phi) is 6.82. The van der Waals surface area contributed by atoms with Gasteiger partial charge in [0.2, 0.25) is 0 Å². The normalized spacial score (nSPS) is 12.0. The van der Waals surface area contributed by atoms with Crippen molar-refractivity contribution < 1.29 is 9.47 Å². The van der Waals surface area contributed by atoms with Gasteiger partial charge in [0.15, 0.2) is 0 Å². The number of aryl methyl sites for hydroxylation is 2. The van der Waals surface area contributed by atoms with Crippen LogP contribution in [-0.2, 0) is 4.74 Å². The van der Waals surface area contributed by atoms with Crippen molar-refractivity contribution >= 4 is 12.0 Å². The summed E-state index contributed by atoms with van der Waals surface area (Å²) in [6.45, 7) is 7.05. The van der Waals surface area contributed by atoms with E-state index in [4.69, 9.17) is 15.9 Å². The zero-order chi connectivity index (χ0) is 19.1. The van der Waals surface area contributed by atoms with Crippen molar-refractivity contribution in [1.82, 2.24) is 4.90 Å². The molecule has 0 saturated carbocycles. The monoisotopic (exact) mass is 350 g/mol. The second-order valence-electron chi connectivity index (χ2n) is 6.18. The van der Waals surface area contributed by atoms with E-state index < -0.39 is 0 Å². The van der Waals surface area contributed by atoms with Gasteiger partial charge < -0.3 is 14.4 Å². The van der Waals surface area contributed by atoms with Gasteiger partial charge in [-0.2, -0.15) is 0 Å². The Labute approximate surface area is 156 Å². The third kappa shape index (κ3) is 4.87. The first-order valence-corrected chi connectivity index (χ1v) is 8.60. The van der Waals surface area contributed by atoms with Crippen LogP contribution in [0.25, 0.3) is 0 Å². The molecule has 4 heteroatoms. The minimum atomic E-state index is -0.381. The molecule has 0 amide bonds. The van der Waals surface area contributed by atoms with Gasteiger partial charge in [0.05, 0.1) is 12.0 Å². The molecule has 0 aliphatic rings. The number of nitrogens with zero attached hydrogens (tertiary/aromatic N) is 2. The highest BCUT2D eigenvalue weighted by Gasteiger charge is 2.10. The molecule has 0 fully saturated rings. The molecule has 1 unspecified atom stereocenters. The fourth-order valence-corrected chi connectivity index (χ4v) is 2.43. The maximum absolute atomic E-state index is 6.09. The van der Waals surface area contributed by atoms with Crippen molar-refractivity contribution in [2.45, 2.75) is 26.9 Å². The molecule has 0 aliphatic carbocycles. The average Bonchev–Trinajstić information content (AvgIpc) is 2.64. The first-order chi connectivity index (χ1) is 12.5. The maximum atomic E-state index is 6.09. The lowest BCUT2D eigenvalue weighted by atomic mass is 10.1. The molecule has 0 heterocycles. The Morgan fingerprint density at radius 2 is 2.00 bits per heavy atom. The lowest BCUT2D eigenvalue weighted by Crippen LogP contribution is -2.14. The molecular formula is C22H26N2O2. The molecule has 26 heavy (non-hydrogen) atoms. The summed E-state index contributed by atoms with van der Waals surface area (Å²) in [4.78, 5) is 6.58. The van der Waals surface area contributed by atoms with E-state index in [1.54, 1.807) is 7.11 Å². The summed E-state index contributed by atoms with van der Waals surface area (Å²) in [6, 6.07) is 11.7. The molecule has 0 N–H and O–H groups in total. The zero-order valence-electron chi connectivity index (χ0n) is 16.1. The van der Waals surface area contributed by atoms with Crippen LogP contribution < -0.4 is 4.74 Å². The zero-order valence-corrected chi connectivity index (χ0v) is 16.1. The number of terminal acetylenes is 1. The van der Waals surface area contributed by atoms with E-state index in [1.165, 1.54) is 0 Å². The molecule has 0 aromatic heterocycles. The predicted molar refractivity (Wildman–Crippen MR) is 107 cm³/mol. The van der Waals surface area contributed by atoms with Gasteiger partial charge >= 0.3 is 0 Å². The summed E-state index contributed by atoms with van der Waals surface area (Å²) in [6.07, 6.45) is 6.97. The van der Waals surface area contributed by atoms with E-state index >= 15 is 0 Å². The Bertz CT molecular complexity index is 821. The molecule has 0 spiro atoms. The van der Waals surface area contributed by atoms with Gasteiger partial charge in [0.1, 0.15) is 17.6 Å². The largest absolute Gasteiger partial charge is 0.457 e. The van der Waals surface area contributed by atoms with Crippen molar-refractivity contribution in [2.75, 3.05) is 20.7 Å². The number of methoxy groups -OCH3 is 1. The molecule has 4 nitrogen and oxygen atoms in total. The Balaban J connectivity index is 2.26. The average molecular weight is 350 g/mol. The summed E-state index contributed by atoms with van der Waals surface area (Å²) >= 11 is 0. The van der Waals surface area contributed by atoms with Crippen molar-refractivity contribution in [1.29, 1.82) is 0 Å². The van der Waals surface area contributed by atoms with Gasteiger partial charge in [-0.15, -0.1) is 6.42 Å². The van der Waals surface area contributed by atoms with Crippen LogP contribution in [0.4, 0.5) is 5.69 Å². The molecule has 0 bridgehead atoms. The van der Waals surface area contributed by atoms with Crippen molar-refractivity contribution in [3.63, 3.8) is 0 Å². The van der Waals surface area contributed by atoms with Gasteiger partial charge in [-0.25, -0.2) is 4.99 Å². The minimum Gasteiger partial charge on any atom is -0.457 e. The first-order valence-electron chi connectivity index (χ1n) is 8.60. The van der Waals surface area contributed by atoms with Gasteiger partial charge in [-0.1, -0.05) is 18.1 Å². The van der Waals surface area contributed by atoms with Gasteiger partial charge in [-0.05, 0) is 61.7 Å². The first kappa shape index (κ1) is 19.6. The van der Waals surface area contributed by atoms with Gasteiger partial charge in [0, 0.05) is 20.7 Å². The molecule has 2 rings (SSSR count). The molecule has 0 aliphatic heterocycles. The van der Waals surface area contributed by atoms with E-state index in [2.05, 4.69) is 17.8 Å². The van der Waals surface area contributed by atoms with Crippen LogP contribution >= 0.6 is 0 Å². The number of hydrogen-bond donors (Lipinski definition) is 0. The van der Waals surface area contributed by atoms with Gasteiger partial charge in [-0.3, -0.25) is 0 Å². The summed E-state index contributed by atoms with van der Waals surface area (Å²) in [5.41, 5.74) is 3.91. The molecule has 136 valence electrons. The van der Waals surface area contributed by atoms with E-state index in [9.17, 15) is 0 Å². The highest BCUT2D eigenvalue weighted by atomic mass is 16.5. The van der Waals surface area contributed by atoms with E-state index in [0.717, 1.165) is 40.4 Å². The molecule has 0 saturated heterocycles. The molecule has 1 atom stereocenters. The topological polar surface area (TPSA) is 34.1 Å². The van der Waals surface area contributed by atoms with Crippen LogP contribution in [0, 0.1) is 26.2 Å². The maximum Gasteiger partial charge on any atom is 0.142 e. The van der Waals surface area contributed by atoms with Crippen molar-refractivity contribution in [2.24, 2.45) is 4.99 Å². The standard InChI is InChI=1S/C22H26N2O2/c1-7-21(25-6)18-10-9-11-19(14-18)26-22-13-16(3)20(12-17(22)4)23-15-24(5)8-2/h1,9-15,21H,8H2,2-6H3/b23-15+. The third-order valence-electron chi connectivity index (χ3n) is 4.16. The Hall–Kier alpha value is -2.77. The highest BCUT2D eigenvalue weighted by molar-refractivity contribution is 5.64. The van der Waals surface area contributed by atoms with Crippen LogP contribution in [0.5, 0.6) is 11.5 Å². The van der Waals surface area contributed by atoms with Crippen LogP contribution in [0.3, 0.4) is 0 Å². The Morgan fingerprint density at radius 3 is 2.65 bits per heavy atom. The summed E-state index contributed by atoms with van der Waals surface area (Å²) < 4.78 is 11.4. The molecule has 2 aromatic rings. The number of hydrogen-bond acceptors (Lipinski definition) is 3. The molecule has 2 aromatic carbocycles. The lowest BCUT2D eigenvalue weighted by Gasteiger charge is -2.14. The summed E-state index contributed by atoms with van der Waals surface area (Å²) in [5, 5.41) is 0. The van der Waals surface area contributed by atoms with E-state index in [1.807, 2.05) is 68.5 Å². The SMILES string of the molecule is C#CC(OC)c1cccc(Oc2cc(C)c(/N=C/N(C)CC)cc2C)c1. The Morgan fingerprint density at radius 1 is 1.23 bits per heavy atom. The number of benzene rings is 2. The predicted octanol–water partition coefficient (Wildman–Crippen LogP) is 5.03. The lowest BCUT2D eigenvalue weighted by molar-refractivity contribution is 0.150. The van der Waals surface area contributed by atoms with Crippen LogP contribution in [-0.4, -0.2) is 31.9 Å². The van der Waals surface area contributed by atoms with Crippen molar-refractivity contribution in [3.05, 3.63) is 53.1 Å². The smallest absolute Gasteiger partial charge is 0.142 e. The van der Waals surface area contributed by atoms with Crippen LogP contribution in [0.1, 0.15) is 29.7 Å². The molecular weight excluding hydrogens is 324 g/mol. The quantitative estimate of drug-likeness (QED) is 0.399. The second kappa shape index (κ2) is 9.07. The fourth-order valence-electron chi connectivity index (χ4n) is 2.43. The number of aliphatic imine (C=N–C) groups is 1. The second-order valence-corrected chi connectivity index (χ2v) is 6.18. The van der Waals surface area contributed by atoms with Gasteiger partial charge in [0.25, 0.3) is 0 Å². The van der Waals surface area contributed by atoms with E-state index in [-0.39, 0.29) is 6.10 Å². The highest BCUT2D eigenvalue weighted by Crippen LogP contribution is 2.32. The molecule has 0 radical (unpaired) electrons. The fraction of sp³-hybridized carbons (Fsp3) is 0.318. The van der Waals surface area contributed by atoms with Crippen molar-refractivity contribution in [3.8, 4) is 23.8 Å². The minimum absolute atomic E-state index is 0.381. The van der Waals surface area contributed by atoms with Crippen LogP contribution in [0.2, 0.25) is 0 Å². The third-order valence-corrected chi connectivity index (χ3v) is 4.16. The van der Waals surface area contributed by atoms with Crippen LogP contribution in [0.15, 0.2) is 41.4 Å². The number of rotatable bonds is 7. The summed E-state index contributed by atoms with van der Waals surface area (Å²) in [5.74, 6) is 4.15.